The number of hydrogen-bond donors (Lipinski definition) is 2. The normalized spacial score (nSPS) is 10.6. The Morgan fingerprint density at radius 1 is 1.36 bits per heavy atom. The number of carbonyl (C=O) groups excluding carboxylic acids is 1. The zero-order chi connectivity index (χ0) is 15.5. The summed E-state index contributed by atoms with van der Waals surface area (Å²) in [6.07, 6.45) is 1.44. The molecule has 112 valence electrons. The first-order valence-corrected chi connectivity index (χ1v) is 7.57. The van der Waals surface area contributed by atoms with Gasteiger partial charge in [-0.1, -0.05) is 6.07 Å². The van der Waals surface area contributed by atoms with Crippen molar-refractivity contribution in [1.82, 2.24) is 10.3 Å². The van der Waals surface area contributed by atoms with Crippen molar-refractivity contribution in [3.05, 3.63) is 62.6 Å². The molecular formula is C16H14N2O3S. The Morgan fingerprint density at radius 2 is 2.23 bits per heavy atom. The lowest BCUT2D eigenvalue weighted by atomic mass is 10.1. The molecule has 2 aromatic heterocycles. The van der Waals surface area contributed by atoms with Crippen LogP contribution in [0.1, 0.15) is 15.2 Å². The molecule has 0 aliphatic carbocycles. The van der Waals surface area contributed by atoms with E-state index in [2.05, 4.69) is 10.3 Å². The van der Waals surface area contributed by atoms with Crippen molar-refractivity contribution in [3.63, 3.8) is 0 Å². The number of fused-ring (bicyclic) bond motifs is 1. The highest BCUT2D eigenvalue weighted by Crippen LogP contribution is 2.16. The van der Waals surface area contributed by atoms with Crippen molar-refractivity contribution in [2.75, 3.05) is 7.11 Å². The molecule has 5 nitrogen and oxygen atoms in total. The van der Waals surface area contributed by atoms with Gasteiger partial charge in [0.15, 0.2) is 0 Å². The average Bonchev–Trinajstić information content (AvgIpc) is 3.06. The van der Waals surface area contributed by atoms with Gasteiger partial charge >= 0.3 is 0 Å². The van der Waals surface area contributed by atoms with E-state index in [0.29, 0.717) is 23.2 Å². The molecule has 0 fully saturated rings. The van der Waals surface area contributed by atoms with Crippen LogP contribution in [0, 0.1) is 0 Å². The highest BCUT2D eigenvalue weighted by atomic mass is 32.1. The second-order valence-electron chi connectivity index (χ2n) is 4.71. The maximum Gasteiger partial charge on any atom is 0.257 e. The van der Waals surface area contributed by atoms with E-state index in [4.69, 9.17) is 4.74 Å². The van der Waals surface area contributed by atoms with Crippen molar-refractivity contribution in [1.29, 1.82) is 0 Å². The summed E-state index contributed by atoms with van der Waals surface area (Å²) < 4.78 is 5.12. The number of pyridine rings is 1. The van der Waals surface area contributed by atoms with E-state index in [1.165, 1.54) is 6.20 Å². The molecular weight excluding hydrogens is 300 g/mol. The summed E-state index contributed by atoms with van der Waals surface area (Å²) in [5.74, 6) is 0.269. The summed E-state index contributed by atoms with van der Waals surface area (Å²) in [5, 5.41) is 5.16. The van der Waals surface area contributed by atoms with Gasteiger partial charge in [0.2, 0.25) is 5.43 Å². The zero-order valence-corrected chi connectivity index (χ0v) is 12.7. The van der Waals surface area contributed by atoms with E-state index >= 15 is 0 Å². The van der Waals surface area contributed by atoms with Gasteiger partial charge in [0.25, 0.3) is 5.91 Å². The number of benzene rings is 1. The van der Waals surface area contributed by atoms with E-state index in [1.807, 2.05) is 17.5 Å². The Hall–Kier alpha value is -2.60. The van der Waals surface area contributed by atoms with Gasteiger partial charge in [0.05, 0.1) is 19.2 Å². The van der Waals surface area contributed by atoms with Crippen LogP contribution >= 0.6 is 11.3 Å². The van der Waals surface area contributed by atoms with Crippen molar-refractivity contribution in [2.45, 2.75) is 6.54 Å². The monoisotopic (exact) mass is 314 g/mol. The van der Waals surface area contributed by atoms with Gasteiger partial charge in [-0.3, -0.25) is 9.59 Å². The van der Waals surface area contributed by atoms with E-state index in [1.54, 1.807) is 36.6 Å². The summed E-state index contributed by atoms with van der Waals surface area (Å²) in [4.78, 5) is 28.6. The standard InChI is InChI=1S/C16H14N2O3S/c1-21-10-4-5-12-14(7-10)17-9-13(15(12)19)16(20)18-8-11-3-2-6-22-11/h2-7,9H,8H2,1H3,(H,17,19)(H,18,20). The Bertz CT molecular complexity index is 869. The molecule has 0 bridgehead atoms. The van der Waals surface area contributed by atoms with Crippen LogP contribution in [0.25, 0.3) is 10.9 Å². The molecule has 0 spiro atoms. The number of rotatable bonds is 4. The van der Waals surface area contributed by atoms with Crippen molar-refractivity contribution in [3.8, 4) is 5.75 Å². The number of aromatic amines is 1. The first kappa shape index (κ1) is 14.3. The van der Waals surface area contributed by atoms with Crippen LogP contribution in [0.15, 0.2) is 46.7 Å². The van der Waals surface area contributed by atoms with Gasteiger partial charge in [0.1, 0.15) is 11.3 Å². The number of hydrogen-bond acceptors (Lipinski definition) is 4. The van der Waals surface area contributed by atoms with Crippen LogP contribution in [-0.2, 0) is 6.54 Å². The molecule has 22 heavy (non-hydrogen) atoms. The molecule has 0 radical (unpaired) electrons. The third kappa shape index (κ3) is 2.73. The van der Waals surface area contributed by atoms with E-state index in [9.17, 15) is 9.59 Å². The molecule has 0 unspecified atom stereocenters. The summed E-state index contributed by atoms with van der Waals surface area (Å²) in [5.41, 5.74) is 0.452. The van der Waals surface area contributed by atoms with Crippen molar-refractivity contribution < 1.29 is 9.53 Å². The second kappa shape index (κ2) is 6.03. The first-order valence-electron chi connectivity index (χ1n) is 6.69. The predicted octanol–water partition coefficient (Wildman–Crippen LogP) is 2.53. The number of nitrogens with one attached hydrogen (secondary N) is 2. The number of methoxy groups -OCH3 is 1. The fourth-order valence-corrected chi connectivity index (χ4v) is 2.82. The predicted molar refractivity (Wildman–Crippen MR) is 86.6 cm³/mol. The van der Waals surface area contributed by atoms with Gasteiger partial charge in [-0.05, 0) is 23.6 Å². The summed E-state index contributed by atoms with van der Waals surface area (Å²) >= 11 is 1.56. The van der Waals surface area contributed by atoms with Crippen LogP contribution in [-0.4, -0.2) is 18.0 Å². The number of carbonyl (C=O) groups is 1. The number of aromatic nitrogens is 1. The number of thiophene rings is 1. The van der Waals surface area contributed by atoms with Crippen LogP contribution in [0.2, 0.25) is 0 Å². The van der Waals surface area contributed by atoms with E-state index in [0.717, 1.165) is 4.88 Å². The molecule has 3 aromatic rings. The lowest BCUT2D eigenvalue weighted by molar-refractivity contribution is 0.0950. The van der Waals surface area contributed by atoms with Crippen molar-refractivity contribution >= 4 is 28.1 Å². The molecule has 0 saturated carbocycles. The molecule has 1 aromatic carbocycles. The lowest BCUT2D eigenvalue weighted by Crippen LogP contribution is -2.28. The highest BCUT2D eigenvalue weighted by molar-refractivity contribution is 7.09. The van der Waals surface area contributed by atoms with E-state index in [-0.39, 0.29) is 16.9 Å². The summed E-state index contributed by atoms with van der Waals surface area (Å²) in [6, 6.07) is 8.93. The highest BCUT2D eigenvalue weighted by Gasteiger charge is 2.13. The summed E-state index contributed by atoms with van der Waals surface area (Å²) in [7, 11) is 1.56. The molecule has 6 heteroatoms. The van der Waals surface area contributed by atoms with Crippen LogP contribution in [0.5, 0.6) is 5.75 Å². The van der Waals surface area contributed by atoms with Gasteiger partial charge < -0.3 is 15.0 Å². The topological polar surface area (TPSA) is 71.2 Å². The molecule has 0 aliphatic heterocycles. The Balaban J connectivity index is 1.89. The van der Waals surface area contributed by atoms with E-state index < -0.39 is 0 Å². The minimum absolute atomic E-state index is 0.106. The molecule has 0 saturated heterocycles. The molecule has 2 N–H and O–H groups in total. The fourth-order valence-electron chi connectivity index (χ4n) is 2.17. The number of ether oxygens (including phenoxy) is 1. The van der Waals surface area contributed by atoms with Gasteiger partial charge in [-0.15, -0.1) is 11.3 Å². The third-order valence-corrected chi connectivity index (χ3v) is 4.21. The maximum atomic E-state index is 12.4. The first-order chi connectivity index (χ1) is 10.7. The third-order valence-electron chi connectivity index (χ3n) is 3.34. The minimum Gasteiger partial charge on any atom is -0.497 e. The van der Waals surface area contributed by atoms with Gasteiger partial charge in [-0.2, -0.15) is 0 Å². The molecule has 0 atom stereocenters. The SMILES string of the molecule is COc1ccc2c(=O)c(C(=O)NCc3cccs3)c[nH]c2c1. The summed E-state index contributed by atoms with van der Waals surface area (Å²) in [6.45, 7) is 0.413. The van der Waals surface area contributed by atoms with Crippen molar-refractivity contribution in [2.24, 2.45) is 0 Å². The van der Waals surface area contributed by atoms with Crippen LogP contribution < -0.4 is 15.5 Å². The Morgan fingerprint density at radius 3 is 2.95 bits per heavy atom. The largest absolute Gasteiger partial charge is 0.497 e. The quantitative estimate of drug-likeness (QED) is 0.777. The van der Waals surface area contributed by atoms with Crippen LogP contribution in [0.3, 0.4) is 0 Å². The molecule has 0 aliphatic rings. The average molecular weight is 314 g/mol. The minimum atomic E-state index is -0.382. The molecule has 1 amide bonds. The Kier molecular flexibility index (Phi) is 3.93. The smallest absolute Gasteiger partial charge is 0.257 e. The fraction of sp³-hybridized carbons (Fsp3) is 0.125. The lowest BCUT2D eigenvalue weighted by Gasteiger charge is -2.06. The Labute approximate surface area is 130 Å². The van der Waals surface area contributed by atoms with Gasteiger partial charge in [0, 0.05) is 22.5 Å². The van der Waals surface area contributed by atoms with Gasteiger partial charge in [-0.25, -0.2) is 0 Å². The number of amides is 1. The molecule has 2 heterocycles. The maximum absolute atomic E-state index is 12.4. The second-order valence-corrected chi connectivity index (χ2v) is 5.74. The molecule has 3 rings (SSSR count). The number of H-pyrrole nitrogens is 1. The zero-order valence-electron chi connectivity index (χ0n) is 11.9. The van der Waals surface area contributed by atoms with Crippen LogP contribution in [0.4, 0.5) is 0 Å².